The van der Waals surface area contributed by atoms with Gasteiger partial charge in [0, 0.05) is 19.4 Å². The van der Waals surface area contributed by atoms with Crippen molar-refractivity contribution < 1.29 is 18.8 Å². The number of rotatable bonds is 3. The standard InChI is InChI=1S/C21H20FN3O3/c1-3-24-19(27)14-6-4-5-7-17(14)25-18(26)10-11-21(24,25)20(28)23-16-12-13(2)8-9-15(16)22/h4-9,12H,3,10-11H2,1-2H3,(H,23,28). The highest BCUT2D eigenvalue weighted by Gasteiger charge is 2.60. The molecule has 1 N–H and O–H groups in total. The third-order valence-corrected chi connectivity index (χ3v) is 5.42. The van der Waals surface area contributed by atoms with Gasteiger partial charge in [0.05, 0.1) is 16.9 Å². The van der Waals surface area contributed by atoms with Crippen molar-refractivity contribution in [2.24, 2.45) is 0 Å². The van der Waals surface area contributed by atoms with E-state index in [1.54, 1.807) is 44.2 Å². The summed E-state index contributed by atoms with van der Waals surface area (Å²) in [5, 5.41) is 2.62. The molecule has 1 unspecified atom stereocenters. The number of carbonyl (C=O) groups excluding carboxylic acids is 3. The molecule has 2 heterocycles. The molecule has 2 aliphatic rings. The molecular weight excluding hydrogens is 361 g/mol. The van der Waals surface area contributed by atoms with E-state index in [9.17, 15) is 18.8 Å². The molecule has 7 heteroatoms. The molecule has 2 aromatic carbocycles. The molecule has 0 aliphatic carbocycles. The number of likely N-dealkylation sites (N-methyl/N-ethyl adjacent to an activating group) is 1. The maximum atomic E-state index is 14.2. The SMILES string of the molecule is CCN1C(=O)c2ccccc2N2C(=O)CCC12C(=O)Nc1cc(C)ccc1F. The molecule has 4 rings (SSSR count). The molecule has 2 aliphatic heterocycles. The molecule has 1 atom stereocenters. The van der Waals surface area contributed by atoms with Gasteiger partial charge in [-0.25, -0.2) is 4.39 Å². The molecule has 1 fully saturated rings. The van der Waals surface area contributed by atoms with Crippen molar-refractivity contribution in [2.45, 2.75) is 32.4 Å². The fourth-order valence-electron chi connectivity index (χ4n) is 4.16. The Morgan fingerprint density at radius 2 is 1.96 bits per heavy atom. The Morgan fingerprint density at radius 3 is 2.71 bits per heavy atom. The van der Waals surface area contributed by atoms with Gasteiger partial charge in [-0.2, -0.15) is 0 Å². The summed E-state index contributed by atoms with van der Waals surface area (Å²) in [4.78, 5) is 42.1. The molecule has 6 nitrogen and oxygen atoms in total. The molecule has 0 bridgehead atoms. The highest BCUT2D eigenvalue weighted by Crippen LogP contribution is 2.44. The number of hydrogen-bond acceptors (Lipinski definition) is 3. The molecule has 0 spiro atoms. The van der Waals surface area contributed by atoms with Crippen LogP contribution in [0, 0.1) is 12.7 Å². The van der Waals surface area contributed by atoms with Crippen LogP contribution >= 0.6 is 0 Å². The predicted molar refractivity (Wildman–Crippen MR) is 102 cm³/mol. The Kier molecular flexibility index (Phi) is 4.18. The predicted octanol–water partition coefficient (Wildman–Crippen LogP) is 3.07. The van der Waals surface area contributed by atoms with Crippen LogP contribution in [0.15, 0.2) is 42.5 Å². The topological polar surface area (TPSA) is 69.7 Å². The van der Waals surface area contributed by atoms with Gasteiger partial charge in [-0.05, 0) is 43.7 Å². The second-order valence-corrected chi connectivity index (χ2v) is 7.05. The minimum absolute atomic E-state index is 0.0287. The van der Waals surface area contributed by atoms with Gasteiger partial charge in [-0.3, -0.25) is 19.3 Å². The number of halogens is 1. The lowest BCUT2D eigenvalue weighted by Crippen LogP contribution is -2.69. The number of hydrogen-bond donors (Lipinski definition) is 1. The van der Waals surface area contributed by atoms with Crippen molar-refractivity contribution in [2.75, 3.05) is 16.8 Å². The minimum Gasteiger partial charge on any atom is -0.320 e. The normalized spacial score (nSPS) is 20.8. The molecule has 3 amide bonds. The minimum atomic E-state index is -1.51. The first-order valence-electron chi connectivity index (χ1n) is 9.22. The first-order chi connectivity index (χ1) is 13.4. The van der Waals surface area contributed by atoms with Crippen LogP contribution in [-0.2, 0) is 9.59 Å². The van der Waals surface area contributed by atoms with Crippen LogP contribution in [0.1, 0.15) is 35.7 Å². The third kappa shape index (κ3) is 2.42. The van der Waals surface area contributed by atoms with E-state index >= 15 is 0 Å². The van der Waals surface area contributed by atoms with E-state index in [1.807, 2.05) is 0 Å². The molecule has 1 saturated heterocycles. The van der Waals surface area contributed by atoms with Crippen LogP contribution < -0.4 is 10.2 Å². The Bertz CT molecular complexity index is 1010. The summed E-state index contributed by atoms with van der Waals surface area (Å²) in [5.74, 6) is -1.72. The summed E-state index contributed by atoms with van der Waals surface area (Å²) in [6.45, 7) is 3.78. The second kappa shape index (κ2) is 6.44. The quantitative estimate of drug-likeness (QED) is 0.888. The average Bonchev–Trinajstić information content (AvgIpc) is 3.03. The van der Waals surface area contributed by atoms with E-state index in [4.69, 9.17) is 0 Å². The van der Waals surface area contributed by atoms with Gasteiger partial charge < -0.3 is 10.2 Å². The van der Waals surface area contributed by atoms with Gasteiger partial charge in [0.15, 0.2) is 0 Å². The summed E-state index contributed by atoms with van der Waals surface area (Å²) in [6.07, 6.45) is 0.279. The van der Waals surface area contributed by atoms with E-state index < -0.39 is 17.4 Å². The number of para-hydroxylation sites is 1. The van der Waals surface area contributed by atoms with E-state index in [1.165, 1.54) is 21.9 Å². The first-order valence-corrected chi connectivity index (χ1v) is 9.22. The fourth-order valence-corrected chi connectivity index (χ4v) is 4.16. The van der Waals surface area contributed by atoms with Crippen molar-refractivity contribution in [1.29, 1.82) is 0 Å². The van der Waals surface area contributed by atoms with Crippen LogP contribution in [0.25, 0.3) is 0 Å². The lowest BCUT2D eigenvalue weighted by atomic mass is 9.95. The number of carbonyl (C=O) groups is 3. The first kappa shape index (κ1) is 18.2. The van der Waals surface area contributed by atoms with Crippen LogP contribution in [-0.4, -0.2) is 34.8 Å². The van der Waals surface area contributed by atoms with E-state index in [2.05, 4.69) is 5.32 Å². The smallest absolute Gasteiger partial charge is 0.271 e. The van der Waals surface area contributed by atoms with E-state index in [0.29, 0.717) is 11.3 Å². The molecule has 28 heavy (non-hydrogen) atoms. The Labute approximate surface area is 161 Å². The lowest BCUT2D eigenvalue weighted by Gasteiger charge is -2.48. The molecular formula is C21H20FN3O3. The van der Waals surface area contributed by atoms with Gasteiger partial charge in [-0.15, -0.1) is 0 Å². The zero-order valence-corrected chi connectivity index (χ0v) is 15.7. The van der Waals surface area contributed by atoms with Crippen molar-refractivity contribution >= 4 is 29.1 Å². The summed E-state index contributed by atoms with van der Waals surface area (Å²) >= 11 is 0. The van der Waals surface area contributed by atoms with Gasteiger partial charge >= 0.3 is 0 Å². The van der Waals surface area contributed by atoms with Crippen LogP contribution in [0.4, 0.5) is 15.8 Å². The molecule has 0 saturated carbocycles. The number of nitrogens with one attached hydrogen (secondary N) is 1. The van der Waals surface area contributed by atoms with Crippen LogP contribution in [0.2, 0.25) is 0 Å². The van der Waals surface area contributed by atoms with Gasteiger partial charge in [0.2, 0.25) is 11.6 Å². The Hall–Kier alpha value is -3.22. The van der Waals surface area contributed by atoms with Crippen molar-refractivity contribution in [3.8, 4) is 0 Å². The number of amides is 3. The molecule has 2 aromatic rings. The van der Waals surface area contributed by atoms with Crippen molar-refractivity contribution in [3.05, 3.63) is 59.4 Å². The third-order valence-electron chi connectivity index (χ3n) is 5.42. The summed E-state index contributed by atoms with van der Waals surface area (Å²) in [6, 6.07) is 11.2. The zero-order chi connectivity index (χ0) is 20.1. The molecule has 144 valence electrons. The summed E-state index contributed by atoms with van der Waals surface area (Å²) < 4.78 is 14.2. The monoisotopic (exact) mass is 381 g/mol. The van der Waals surface area contributed by atoms with Crippen LogP contribution in [0.5, 0.6) is 0 Å². The van der Waals surface area contributed by atoms with Gasteiger partial charge in [0.25, 0.3) is 11.8 Å². The highest BCUT2D eigenvalue weighted by atomic mass is 19.1. The van der Waals surface area contributed by atoms with Crippen molar-refractivity contribution in [1.82, 2.24) is 4.90 Å². The zero-order valence-electron chi connectivity index (χ0n) is 15.7. The van der Waals surface area contributed by atoms with Gasteiger partial charge in [0.1, 0.15) is 5.82 Å². The number of fused-ring (bicyclic) bond motifs is 3. The average molecular weight is 381 g/mol. The number of anilines is 2. The van der Waals surface area contributed by atoms with Crippen molar-refractivity contribution in [3.63, 3.8) is 0 Å². The Balaban J connectivity index is 1.85. The maximum absolute atomic E-state index is 14.2. The van der Waals surface area contributed by atoms with Gasteiger partial charge in [-0.1, -0.05) is 18.2 Å². The largest absolute Gasteiger partial charge is 0.320 e. The summed E-state index contributed by atoms with van der Waals surface area (Å²) in [5.41, 5.74) is 0.101. The number of aryl methyl sites for hydroxylation is 1. The second-order valence-electron chi connectivity index (χ2n) is 7.05. The van der Waals surface area contributed by atoms with E-state index in [-0.39, 0.29) is 36.9 Å². The number of benzene rings is 2. The highest BCUT2D eigenvalue weighted by molar-refractivity contribution is 6.18. The lowest BCUT2D eigenvalue weighted by molar-refractivity contribution is -0.128. The Morgan fingerprint density at radius 1 is 1.21 bits per heavy atom. The molecule has 0 radical (unpaired) electrons. The molecule has 0 aromatic heterocycles. The number of nitrogens with zero attached hydrogens (tertiary/aromatic N) is 2. The maximum Gasteiger partial charge on any atom is 0.271 e. The summed E-state index contributed by atoms with van der Waals surface area (Å²) in [7, 11) is 0. The fraction of sp³-hybridized carbons (Fsp3) is 0.286. The van der Waals surface area contributed by atoms with Crippen LogP contribution in [0.3, 0.4) is 0 Å². The van der Waals surface area contributed by atoms with E-state index in [0.717, 1.165) is 5.56 Å².